The molecule has 0 bridgehead atoms. The summed E-state index contributed by atoms with van der Waals surface area (Å²) in [5.41, 5.74) is -0.0263. The Morgan fingerprint density at radius 1 is 1.50 bits per heavy atom. The SMILES string of the molecule is O=C(NCc1ncc[nH]1)c1ccncc1F. The van der Waals surface area contributed by atoms with Crippen LogP contribution in [0, 0.1) is 5.82 Å². The molecule has 82 valence electrons. The van der Waals surface area contributed by atoms with Gasteiger partial charge in [0.05, 0.1) is 18.3 Å². The molecular formula is C10H9FN4O. The molecule has 0 aliphatic rings. The van der Waals surface area contributed by atoms with Crippen LogP contribution in [0.4, 0.5) is 4.39 Å². The van der Waals surface area contributed by atoms with Crippen molar-refractivity contribution in [1.82, 2.24) is 20.3 Å². The monoisotopic (exact) mass is 220 g/mol. The fraction of sp³-hybridized carbons (Fsp3) is 0.100. The highest BCUT2D eigenvalue weighted by molar-refractivity contribution is 5.94. The van der Waals surface area contributed by atoms with E-state index in [2.05, 4.69) is 20.3 Å². The van der Waals surface area contributed by atoms with Gasteiger partial charge >= 0.3 is 0 Å². The normalized spacial score (nSPS) is 10.1. The van der Waals surface area contributed by atoms with Gasteiger partial charge in [-0.2, -0.15) is 0 Å². The van der Waals surface area contributed by atoms with E-state index in [9.17, 15) is 9.18 Å². The minimum Gasteiger partial charge on any atom is -0.347 e. The Morgan fingerprint density at radius 2 is 2.38 bits per heavy atom. The predicted octanol–water partition coefficient (Wildman–Crippen LogP) is 0.874. The number of hydrogen-bond donors (Lipinski definition) is 2. The van der Waals surface area contributed by atoms with Gasteiger partial charge in [-0.05, 0) is 6.07 Å². The number of pyridine rings is 1. The first-order valence-corrected chi connectivity index (χ1v) is 4.63. The Morgan fingerprint density at radius 3 is 3.06 bits per heavy atom. The van der Waals surface area contributed by atoms with E-state index < -0.39 is 11.7 Å². The summed E-state index contributed by atoms with van der Waals surface area (Å²) in [6.45, 7) is 0.230. The van der Waals surface area contributed by atoms with Crippen molar-refractivity contribution in [2.45, 2.75) is 6.54 Å². The zero-order chi connectivity index (χ0) is 11.4. The van der Waals surface area contributed by atoms with Crippen molar-refractivity contribution < 1.29 is 9.18 Å². The molecule has 0 unspecified atom stereocenters. The number of nitrogens with one attached hydrogen (secondary N) is 2. The second-order valence-electron chi connectivity index (χ2n) is 3.07. The first-order chi connectivity index (χ1) is 7.77. The Kier molecular flexibility index (Phi) is 2.90. The summed E-state index contributed by atoms with van der Waals surface area (Å²) in [5.74, 6) is -0.515. The van der Waals surface area contributed by atoms with Crippen LogP contribution in [-0.4, -0.2) is 20.9 Å². The highest BCUT2D eigenvalue weighted by Gasteiger charge is 2.10. The van der Waals surface area contributed by atoms with Gasteiger partial charge in [-0.3, -0.25) is 9.78 Å². The molecule has 2 N–H and O–H groups in total. The third-order valence-corrected chi connectivity index (χ3v) is 1.99. The highest BCUT2D eigenvalue weighted by atomic mass is 19.1. The number of carbonyl (C=O) groups is 1. The number of aromatic amines is 1. The zero-order valence-corrected chi connectivity index (χ0v) is 8.27. The maximum absolute atomic E-state index is 13.2. The molecule has 0 radical (unpaired) electrons. The Labute approximate surface area is 90.7 Å². The van der Waals surface area contributed by atoms with Crippen LogP contribution in [0.3, 0.4) is 0 Å². The number of imidazole rings is 1. The van der Waals surface area contributed by atoms with Crippen LogP contribution in [0.5, 0.6) is 0 Å². The number of hydrogen-bond acceptors (Lipinski definition) is 3. The maximum Gasteiger partial charge on any atom is 0.254 e. The van der Waals surface area contributed by atoms with Crippen LogP contribution in [-0.2, 0) is 6.54 Å². The van der Waals surface area contributed by atoms with Gasteiger partial charge in [0.1, 0.15) is 5.82 Å². The van der Waals surface area contributed by atoms with E-state index in [0.29, 0.717) is 5.82 Å². The van der Waals surface area contributed by atoms with Crippen molar-refractivity contribution in [3.05, 3.63) is 48.1 Å². The summed E-state index contributed by atoms with van der Waals surface area (Å²) in [7, 11) is 0. The van der Waals surface area contributed by atoms with Crippen molar-refractivity contribution in [2.75, 3.05) is 0 Å². The van der Waals surface area contributed by atoms with Crippen LogP contribution in [0.15, 0.2) is 30.9 Å². The number of amides is 1. The molecule has 0 aliphatic heterocycles. The molecule has 0 aromatic carbocycles. The van der Waals surface area contributed by atoms with Crippen molar-refractivity contribution >= 4 is 5.91 Å². The topological polar surface area (TPSA) is 70.7 Å². The molecule has 0 saturated carbocycles. The number of carbonyl (C=O) groups excluding carboxylic acids is 1. The molecule has 0 fully saturated rings. The lowest BCUT2D eigenvalue weighted by molar-refractivity contribution is 0.0945. The minimum absolute atomic E-state index is 0.0263. The predicted molar refractivity (Wildman–Crippen MR) is 54.0 cm³/mol. The number of aromatic nitrogens is 3. The molecule has 2 aromatic heterocycles. The summed E-state index contributed by atoms with van der Waals surface area (Å²) in [6.07, 6.45) is 5.59. The molecule has 2 aromatic rings. The summed E-state index contributed by atoms with van der Waals surface area (Å²) in [6, 6.07) is 1.33. The van der Waals surface area contributed by atoms with E-state index in [1.165, 1.54) is 12.3 Å². The first-order valence-electron chi connectivity index (χ1n) is 4.63. The summed E-state index contributed by atoms with van der Waals surface area (Å²) < 4.78 is 13.2. The average Bonchev–Trinajstić information content (AvgIpc) is 2.79. The Balaban J connectivity index is 2.01. The molecule has 6 heteroatoms. The van der Waals surface area contributed by atoms with E-state index >= 15 is 0 Å². The van der Waals surface area contributed by atoms with E-state index in [0.717, 1.165) is 6.20 Å². The number of nitrogens with zero attached hydrogens (tertiary/aromatic N) is 2. The third kappa shape index (κ3) is 2.22. The van der Waals surface area contributed by atoms with E-state index in [-0.39, 0.29) is 12.1 Å². The molecule has 16 heavy (non-hydrogen) atoms. The quantitative estimate of drug-likeness (QED) is 0.806. The van der Waals surface area contributed by atoms with Gasteiger partial charge in [0.15, 0.2) is 5.82 Å². The van der Waals surface area contributed by atoms with Gasteiger partial charge < -0.3 is 10.3 Å². The van der Waals surface area contributed by atoms with Gasteiger partial charge in [-0.25, -0.2) is 9.37 Å². The highest BCUT2D eigenvalue weighted by Crippen LogP contribution is 2.04. The van der Waals surface area contributed by atoms with Gasteiger partial charge in [0, 0.05) is 18.6 Å². The van der Waals surface area contributed by atoms with Crippen molar-refractivity contribution in [2.24, 2.45) is 0 Å². The second-order valence-corrected chi connectivity index (χ2v) is 3.07. The van der Waals surface area contributed by atoms with Crippen LogP contribution in [0.2, 0.25) is 0 Å². The summed E-state index contributed by atoms with van der Waals surface area (Å²) in [5, 5.41) is 2.54. The standard InChI is InChI=1S/C10H9FN4O/c11-8-5-12-2-1-7(8)10(16)15-6-9-13-3-4-14-9/h1-5H,6H2,(H,13,14)(H,15,16). The fourth-order valence-electron chi connectivity index (χ4n) is 1.21. The van der Waals surface area contributed by atoms with Gasteiger partial charge in [-0.1, -0.05) is 0 Å². The molecular weight excluding hydrogens is 211 g/mol. The molecule has 0 atom stereocenters. The lowest BCUT2D eigenvalue weighted by Crippen LogP contribution is -2.24. The van der Waals surface area contributed by atoms with E-state index in [1.807, 2.05) is 0 Å². The average molecular weight is 220 g/mol. The summed E-state index contributed by atoms with van der Waals surface area (Å²) in [4.78, 5) is 21.9. The minimum atomic E-state index is -0.639. The van der Waals surface area contributed by atoms with Crippen molar-refractivity contribution in [1.29, 1.82) is 0 Å². The van der Waals surface area contributed by atoms with Crippen LogP contribution in [0.25, 0.3) is 0 Å². The van der Waals surface area contributed by atoms with Crippen molar-refractivity contribution in [3.8, 4) is 0 Å². The van der Waals surface area contributed by atoms with Crippen LogP contribution in [0.1, 0.15) is 16.2 Å². The van der Waals surface area contributed by atoms with Crippen molar-refractivity contribution in [3.63, 3.8) is 0 Å². The lowest BCUT2D eigenvalue weighted by atomic mass is 10.2. The zero-order valence-electron chi connectivity index (χ0n) is 8.27. The lowest BCUT2D eigenvalue weighted by Gasteiger charge is -2.03. The number of rotatable bonds is 3. The van der Waals surface area contributed by atoms with Gasteiger partial charge in [0.2, 0.25) is 0 Å². The van der Waals surface area contributed by atoms with Crippen LogP contribution >= 0.6 is 0 Å². The fourth-order valence-corrected chi connectivity index (χ4v) is 1.21. The molecule has 5 nitrogen and oxygen atoms in total. The smallest absolute Gasteiger partial charge is 0.254 e. The van der Waals surface area contributed by atoms with E-state index in [1.54, 1.807) is 12.4 Å². The maximum atomic E-state index is 13.2. The molecule has 2 rings (SSSR count). The summed E-state index contributed by atoms with van der Waals surface area (Å²) >= 11 is 0. The molecule has 0 aliphatic carbocycles. The Bertz CT molecular complexity index is 483. The molecule has 0 saturated heterocycles. The number of H-pyrrole nitrogens is 1. The second kappa shape index (κ2) is 4.52. The van der Waals surface area contributed by atoms with Crippen LogP contribution < -0.4 is 5.32 Å². The number of halogens is 1. The van der Waals surface area contributed by atoms with Gasteiger partial charge in [0.25, 0.3) is 5.91 Å². The van der Waals surface area contributed by atoms with Gasteiger partial charge in [-0.15, -0.1) is 0 Å². The third-order valence-electron chi connectivity index (χ3n) is 1.99. The molecule has 2 heterocycles. The van der Waals surface area contributed by atoms with E-state index in [4.69, 9.17) is 0 Å². The molecule has 1 amide bonds. The molecule has 0 spiro atoms. The Hall–Kier alpha value is -2.24. The first kappa shape index (κ1) is 10.3. The largest absolute Gasteiger partial charge is 0.347 e.